The molecule has 0 spiro atoms. The molecule has 1 N–H and O–H groups in total. The minimum atomic E-state index is -2.85. The largest absolute Gasteiger partial charge is 0.435 e. The van der Waals surface area contributed by atoms with Crippen LogP contribution in [0, 0.1) is 0 Å². The first-order valence-electron chi connectivity index (χ1n) is 6.31. The zero-order chi connectivity index (χ0) is 14.8. The second-order valence-corrected chi connectivity index (χ2v) is 4.51. The van der Waals surface area contributed by atoms with Crippen molar-refractivity contribution in [2.75, 3.05) is 5.32 Å². The lowest BCUT2D eigenvalue weighted by atomic mass is 10.0. The Morgan fingerprint density at radius 1 is 1.05 bits per heavy atom. The summed E-state index contributed by atoms with van der Waals surface area (Å²) >= 11 is 0. The highest BCUT2D eigenvalue weighted by molar-refractivity contribution is 6.34. The van der Waals surface area contributed by atoms with E-state index in [1.807, 2.05) is 24.3 Å². The van der Waals surface area contributed by atoms with Crippen LogP contribution in [0.1, 0.15) is 11.1 Å². The summed E-state index contributed by atoms with van der Waals surface area (Å²) < 4.78 is 28.4. The van der Waals surface area contributed by atoms with E-state index < -0.39 is 6.61 Å². The third kappa shape index (κ3) is 2.76. The van der Waals surface area contributed by atoms with Crippen molar-refractivity contribution in [2.24, 2.45) is 0 Å². The average molecular weight is 287 g/mol. The van der Waals surface area contributed by atoms with Gasteiger partial charge in [0.15, 0.2) is 0 Å². The van der Waals surface area contributed by atoms with E-state index >= 15 is 0 Å². The molecule has 2 aromatic carbocycles. The summed E-state index contributed by atoms with van der Waals surface area (Å²) in [5, 5.41) is 2.77. The van der Waals surface area contributed by atoms with Gasteiger partial charge in [-0.3, -0.25) is 4.79 Å². The van der Waals surface area contributed by atoms with Gasteiger partial charge in [-0.1, -0.05) is 30.3 Å². The lowest BCUT2D eigenvalue weighted by Gasteiger charge is -2.04. The monoisotopic (exact) mass is 287 g/mol. The van der Waals surface area contributed by atoms with E-state index in [1.54, 1.807) is 18.2 Å². The number of ether oxygens (including phenoxy) is 1. The van der Waals surface area contributed by atoms with Crippen molar-refractivity contribution in [1.29, 1.82) is 0 Å². The summed E-state index contributed by atoms with van der Waals surface area (Å²) in [5.74, 6) is -0.0902. The molecule has 0 bridgehead atoms. The van der Waals surface area contributed by atoms with E-state index in [4.69, 9.17) is 0 Å². The molecule has 1 aliphatic heterocycles. The Kier molecular flexibility index (Phi) is 3.39. The number of alkyl halides is 2. The van der Waals surface area contributed by atoms with Crippen LogP contribution in [-0.4, -0.2) is 12.5 Å². The number of benzene rings is 2. The molecule has 3 rings (SSSR count). The van der Waals surface area contributed by atoms with Gasteiger partial charge in [0.2, 0.25) is 0 Å². The van der Waals surface area contributed by atoms with Crippen LogP contribution in [0.2, 0.25) is 0 Å². The van der Waals surface area contributed by atoms with Gasteiger partial charge in [0, 0.05) is 16.8 Å². The summed E-state index contributed by atoms with van der Waals surface area (Å²) in [7, 11) is 0. The fourth-order valence-corrected chi connectivity index (χ4v) is 2.19. The molecule has 0 saturated carbocycles. The van der Waals surface area contributed by atoms with Gasteiger partial charge in [0.1, 0.15) is 5.75 Å². The number of hydrogen-bond acceptors (Lipinski definition) is 2. The van der Waals surface area contributed by atoms with Crippen molar-refractivity contribution < 1.29 is 18.3 Å². The average Bonchev–Trinajstić information content (AvgIpc) is 2.77. The lowest BCUT2D eigenvalue weighted by molar-refractivity contribution is -0.110. The molecule has 0 atom stereocenters. The predicted octanol–water partition coefficient (Wildman–Crippen LogP) is 3.78. The molecule has 1 heterocycles. The number of para-hydroxylation sites is 1. The highest BCUT2D eigenvalue weighted by Gasteiger charge is 2.23. The molecular formula is C16H11F2NO2. The van der Waals surface area contributed by atoms with E-state index in [9.17, 15) is 13.6 Å². The topological polar surface area (TPSA) is 38.3 Å². The minimum Gasteiger partial charge on any atom is -0.435 e. The number of anilines is 1. The van der Waals surface area contributed by atoms with E-state index in [1.165, 1.54) is 12.1 Å². The zero-order valence-corrected chi connectivity index (χ0v) is 10.8. The van der Waals surface area contributed by atoms with Crippen molar-refractivity contribution in [3.63, 3.8) is 0 Å². The van der Waals surface area contributed by atoms with Crippen LogP contribution in [0.3, 0.4) is 0 Å². The summed E-state index contributed by atoms with van der Waals surface area (Å²) in [5.41, 5.74) is 2.88. The van der Waals surface area contributed by atoms with Crippen molar-refractivity contribution in [1.82, 2.24) is 0 Å². The molecule has 2 aromatic rings. The Morgan fingerprint density at radius 2 is 1.76 bits per heavy atom. The van der Waals surface area contributed by atoms with Crippen molar-refractivity contribution in [3.05, 3.63) is 59.7 Å². The number of amides is 1. The molecule has 0 saturated heterocycles. The van der Waals surface area contributed by atoms with Crippen LogP contribution in [0.5, 0.6) is 5.75 Å². The molecule has 0 radical (unpaired) electrons. The first-order valence-corrected chi connectivity index (χ1v) is 6.31. The molecule has 1 amide bonds. The van der Waals surface area contributed by atoms with Gasteiger partial charge in [-0.25, -0.2) is 0 Å². The second-order valence-electron chi connectivity index (χ2n) is 4.51. The molecule has 0 unspecified atom stereocenters. The highest BCUT2D eigenvalue weighted by Crippen LogP contribution is 2.32. The van der Waals surface area contributed by atoms with Crippen molar-refractivity contribution in [3.8, 4) is 5.75 Å². The zero-order valence-electron chi connectivity index (χ0n) is 10.8. The van der Waals surface area contributed by atoms with Crippen LogP contribution in [0.4, 0.5) is 14.5 Å². The Bertz CT molecular complexity index is 708. The molecule has 0 aromatic heterocycles. The van der Waals surface area contributed by atoms with Gasteiger partial charge in [-0.15, -0.1) is 0 Å². The first-order chi connectivity index (χ1) is 10.1. The number of halogens is 2. The number of carbonyl (C=O) groups is 1. The molecule has 1 aliphatic rings. The standard InChI is InChI=1S/C16H11F2NO2/c17-16(18)21-11-7-5-10(6-8-11)9-13-12-3-1-2-4-14(12)19-15(13)20/h1-9,16H,(H,19,20). The molecule has 5 heteroatoms. The van der Waals surface area contributed by atoms with Gasteiger partial charge in [-0.2, -0.15) is 8.78 Å². The third-order valence-electron chi connectivity index (χ3n) is 3.13. The van der Waals surface area contributed by atoms with Crippen LogP contribution in [-0.2, 0) is 4.79 Å². The van der Waals surface area contributed by atoms with Gasteiger partial charge >= 0.3 is 6.61 Å². The fraction of sp³-hybridized carbons (Fsp3) is 0.0625. The van der Waals surface area contributed by atoms with Crippen LogP contribution in [0.15, 0.2) is 48.5 Å². The number of rotatable bonds is 3. The van der Waals surface area contributed by atoms with Gasteiger partial charge in [0.25, 0.3) is 5.91 Å². The van der Waals surface area contributed by atoms with Gasteiger partial charge in [-0.05, 0) is 29.8 Å². The van der Waals surface area contributed by atoms with Gasteiger partial charge in [0.05, 0.1) is 0 Å². The number of carbonyl (C=O) groups excluding carboxylic acids is 1. The Morgan fingerprint density at radius 3 is 2.48 bits per heavy atom. The Hall–Kier alpha value is -2.69. The fourth-order valence-electron chi connectivity index (χ4n) is 2.19. The maximum absolute atomic E-state index is 12.1. The molecular weight excluding hydrogens is 276 g/mol. The highest BCUT2D eigenvalue weighted by atomic mass is 19.3. The predicted molar refractivity (Wildman–Crippen MR) is 76.0 cm³/mol. The van der Waals surface area contributed by atoms with Gasteiger partial charge < -0.3 is 10.1 Å². The van der Waals surface area contributed by atoms with E-state index in [0.29, 0.717) is 5.57 Å². The van der Waals surface area contributed by atoms with E-state index in [-0.39, 0.29) is 11.7 Å². The van der Waals surface area contributed by atoms with Crippen molar-refractivity contribution >= 4 is 23.2 Å². The van der Waals surface area contributed by atoms with E-state index in [2.05, 4.69) is 10.1 Å². The van der Waals surface area contributed by atoms with Crippen LogP contribution >= 0.6 is 0 Å². The molecule has 21 heavy (non-hydrogen) atoms. The normalized spacial score (nSPS) is 15.2. The Labute approximate surface area is 119 Å². The maximum atomic E-state index is 12.1. The first kappa shape index (κ1) is 13.3. The number of nitrogens with one attached hydrogen (secondary N) is 1. The summed E-state index contributed by atoms with van der Waals surface area (Å²) in [6, 6.07) is 13.5. The summed E-state index contributed by atoms with van der Waals surface area (Å²) in [6.07, 6.45) is 1.72. The third-order valence-corrected chi connectivity index (χ3v) is 3.13. The lowest BCUT2D eigenvalue weighted by Crippen LogP contribution is -2.03. The second kappa shape index (κ2) is 5.36. The number of hydrogen-bond donors (Lipinski definition) is 1. The Balaban J connectivity index is 1.90. The quantitative estimate of drug-likeness (QED) is 0.872. The molecule has 0 fully saturated rings. The summed E-state index contributed by atoms with van der Waals surface area (Å²) in [4.78, 5) is 11.9. The van der Waals surface area contributed by atoms with Crippen molar-refractivity contribution in [2.45, 2.75) is 6.61 Å². The number of fused-ring (bicyclic) bond motifs is 1. The SMILES string of the molecule is O=C1Nc2ccccc2C1=Cc1ccc(OC(F)F)cc1. The maximum Gasteiger partial charge on any atom is 0.387 e. The minimum absolute atomic E-state index is 0.0865. The van der Waals surface area contributed by atoms with E-state index in [0.717, 1.165) is 16.8 Å². The molecule has 0 aliphatic carbocycles. The smallest absolute Gasteiger partial charge is 0.387 e. The van der Waals surface area contributed by atoms with Crippen LogP contribution < -0.4 is 10.1 Å². The molecule has 3 nitrogen and oxygen atoms in total. The van der Waals surface area contributed by atoms with Crippen LogP contribution in [0.25, 0.3) is 11.6 Å². The summed E-state index contributed by atoms with van der Waals surface area (Å²) in [6.45, 7) is -2.85. The molecule has 106 valence electrons.